The Bertz CT molecular complexity index is 1170. The van der Waals surface area contributed by atoms with E-state index in [-0.39, 0.29) is 6.10 Å². The monoisotopic (exact) mass is 466 g/mol. The number of hydrogen-bond donors (Lipinski definition) is 1. The number of rotatable bonds is 7. The number of β-amino-alcohol motifs (C(OH)–C–C–N with tert-alkyl or cyclic N) is 1. The second-order valence-electron chi connectivity index (χ2n) is 8.45. The summed E-state index contributed by atoms with van der Waals surface area (Å²) in [5.74, 6) is 1.29. The molecule has 8 nitrogen and oxygen atoms in total. The summed E-state index contributed by atoms with van der Waals surface area (Å²) in [7, 11) is 1.94. The largest absolute Gasteiger partial charge is 0.391 e. The Morgan fingerprint density at radius 3 is 2.73 bits per heavy atom. The van der Waals surface area contributed by atoms with Crippen LogP contribution >= 0.6 is 11.6 Å². The highest BCUT2D eigenvalue weighted by atomic mass is 35.5. The fourth-order valence-corrected chi connectivity index (χ4v) is 4.19. The van der Waals surface area contributed by atoms with Gasteiger partial charge in [0, 0.05) is 57.3 Å². The van der Waals surface area contributed by atoms with Crippen LogP contribution in [0, 0.1) is 13.8 Å². The molecule has 1 unspecified atom stereocenters. The lowest BCUT2D eigenvalue weighted by molar-refractivity contribution is 0.112. The van der Waals surface area contributed by atoms with E-state index < -0.39 is 0 Å². The van der Waals surface area contributed by atoms with Gasteiger partial charge >= 0.3 is 0 Å². The van der Waals surface area contributed by atoms with Crippen LogP contribution in [0.1, 0.15) is 33.6 Å². The van der Waals surface area contributed by atoms with E-state index in [0.717, 1.165) is 34.5 Å². The molecule has 0 spiro atoms. The standard InChI is InChI=1S/C24H27ClN6O2/c1-15-8-16(2)23(27-10-15)19-9-22(26-12-20(19)25)30(3)6-5-21-17(14-32)11-28-24(29-21)31-7-4-18(33)13-31/h8-12,14,18,33H,4-7,13H2,1-3H3. The number of aliphatic hydroxyl groups is 1. The number of carbonyl (C=O) groups is 1. The molecule has 33 heavy (non-hydrogen) atoms. The van der Waals surface area contributed by atoms with Gasteiger partial charge in [-0.2, -0.15) is 0 Å². The molecule has 0 aliphatic carbocycles. The first kappa shape index (κ1) is 23.1. The molecule has 1 saturated heterocycles. The molecule has 0 radical (unpaired) electrons. The molecule has 1 atom stereocenters. The number of anilines is 2. The molecule has 4 rings (SSSR count). The van der Waals surface area contributed by atoms with E-state index in [4.69, 9.17) is 11.6 Å². The lowest BCUT2D eigenvalue weighted by Gasteiger charge is -2.21. The second-order valence-corrected chi connectivity index (χ2v) is 8.86. The van der Waals surface area contributed by atoms with Gasteiger partial charge in [0.1, 0.15) is 5.82 Å². The third-order valence-corrected chi connectivity index (χ3v) is 6.15. The summed E-state index contributed by atoms with van der Waals surface area (Å²) in [6.45, 7) is 5.82. The zero-order chi connectivity index (χ0) is 23.5. The van der Waals surface area contributed by atoms with E-state index in [1.807, 2.05) is 43.0 Å². The number of aryl methyl sites for hydroxylation is 2. The van der Waals surface area contributed by atoms with Crippen molar-refractivity contribution in [2.24, 2.45) is 0 Å². The van der Waals surface area contributed by atoms with Crippen LogP contribution in [0.4, 0.5) is 11.8 Å². The van der Waals surface area contributed by atoms with Crippen molar-refractivity contribution in [3.05, 3.63) is 58.1 Å². The van der Waals surface area contributed by atoms with Crippen molar-refractivity contribution in [3.63, 3.8) is 0 Å². The SMILES string of the molecule is Cc1cnc(-c2cc(N(C)CCc3nc(N4CCC(O)C4)ncc3C=O)ncc2Cl)c(C)c1. The minimum Gasteiger partial charge on any atom is -0.391 e. The fraction of sp³-hybridized carbons (Fsp3) is 0.375. The first-order valence-electron chi connectivity index (χ1n) is 10.9. The van der Waals surface area contributed by atoms with E-state index in [1.165, 1.54) is 0 Å². The molecule has 0 aromatic carbocycles. The van der Waals surface area contributed by atoms with Crippen molar-refractivity contribution in [1.29, 1.82) is 0 Å². The maximum atomic E-state index is 11.5. The lowest BCUT2D eigenvalue weighted by atomic mass is 10.1. The maximum Gasteiger partial charge on any atom is 0.225 e. The first-order valence-corrected chi connectivity index (χ1v) is 11.3. The van der Waals surface area contributed by atoms with Crippen LogP contribution < -0.4 is 9.80 Å². The van der Waals surface area contributed by atoms with E-state index in [2.05, 4.69) is 26.0 Å². The molecule has 1 N–H and O–H groups in total. The number of aldehydes is 1. The Kier molecular flexibility index (Phi) is 6.85. The summed E-state index contributed by atoms with van der Waals surface area (Å²) in [6.07, 6.45) is 6.67. The van der Waals surface area contributed by atoms with Gasteiger partial charge in [0.25, 0.3) is 0 Å². The van der Waals surface area contributed by atoms with Crippen molar-refractivity contribution >= 4 is 29.7 Å². The summed E-state index contributed by atoms with van der Waals surface area (Å²) < 4.78 is 0. The Hall–Kier alpha value is -3.10. The highest BCUT2D eigenvalue weighted by Gasteiger charge is 2.23. The average molecular weight is 467 g/mol. The quantitative estimate of drug-likeness (QED) is 0.530. The molecule has 0 saturated carbocycles. The number of carbonyl (C=O) groups excluding carboxylic acids is 1. The second kappa shape index (κ2) is 9.80. The summed E-state index contributed by atoms with van der Waals surface area (Å²) in [5, 5.41) is 10.4. The molecule has 3 aromatic rings. The molecule has 1 aliphatic heterocycles. The lowest BCUT2D eigenvalue weighted by Crippen LogP contribution is -2.25. The molecule has 0 bridgehead atoms. The number of likely N-dealkylation sites (N-methyl/N-ethyl adjacent to an activating group) is 1. The van der Waals surface area contributed by atoms with Crippen LogP contribution in [-0.4, -0.2) is 64.1 Å². The minimum atomic E-state index is -0.370. The Morgan fingerprint density at radius 2 is 2.03 bits per heavy atom. The zero-order valence-electron chi connectivity index (χ0n) is 19.0. The smallest absolute Gasteiger partial charge is 0.225 e. The number of aliphatic hydroxyl groups excluding tert-OH is 1. The summed E-state index contributed by atoms with van der Waals surface area (Å²) in [4.78, 5) is 33.5. The van der Waals surface area contributed by atoms with Gasteiger partial charge in [-0.3, -0.25) is 9.78 Å². The molecular formula is C24H27ClN6O2. The van der Waals surface area contributed by atoms with Crippen LogP contribution in [0.25, 0.3) is 11.3 Å². The fourth-order valence-electron chi connectivity index (χ4n) is 3.99. The third-order valence-electron chi connectivity index (χ3n) is 5.85. The molecule has 1 aliphatic rings. The predicted molar refractivity (Wildman–Crippen MR) is 129 cm³/mol. The van der Waals surface area contributed by atoms with Crippen LogP contribution in [0.2, 0.25) is 5.02 Å². The van der Waals surface area contributed by atoms with Crippen LogP contribution in [-0.2, 0) is 6.42 Å². The van der Waals surface area contributed by atoms with Gasteiger partial charge in [-0.1, -0.05) is 17.7 Å². The van der Waals surface area contributed by atoms with Crippen molar-refractivity contribution < 1.29 is 9.90 Å². The normalized spacial score (nSPS) is 15.7. The number of nitrogens with zero attached hydrogens (tertiary/aromatic N) is 6. The highest BCUT2D eigenvalue weighted by molar-refractivity contribution is 6.33. The predicted octanol–water partition coefficient (Wildman–Crippen LogP) is 3.27. The van der Waals surface area contributed by atoms with Gasteiger partial charge in [-0.15, -0.1) is 0 Å². The number of pyridine rings is 2. The Balaban J connectivity index is 1.53. The summed E-state index contributed by atoms with van der Waals surface area (Å²) in [5.41, 5.74) is 4.95. The molecule has 172 valence electrons. The highest BCUT2D eigenvalue weighted by Crippen LogP contribution is 2.31. The summed E-state index contributed by atoms with van der Waals surface area (Å²) >= 11 is 6.45. The van der Waals surface area contributed by atoms with E-state index in [1.54, 1.807) is 12.4 Å². The number of halogens is 1. The molecular weight excluding hydrogens is 440 g/mol. The molecule has 3 aromatic heterocycles. The minimum absolute atomic E-state index is 0.370. The maximum absolute atomic E-state index is 11.5. The van der Waals surface area contributed by atoms with Crippen molar-refractivity contribution in [1.82, 2.24) is 19.9 Å². The van der Waals surface area contributed by atoms with Crippen LogP contribution in [0.15, 0.2) is 30.7 Å². The van der Waals surface area contributed by atoms with Gasteiger partial charge in [0.2, 0.25) is 5.95 Å². The Morgan fingerprint density at radius 1 is 1.21 bits per heavy atom. The van der Waals surface area contributed by atoms with Gasteiger partial charge < -0.3 is 14.9 Å². The van der Waals surface area contributed by atoms with E-state index in [9.17, 15) is 9.90 Å². The van der Waals surface area contributed by atoms with E-state index in [0.29, 0.717) is 54.7 Å². The molecule has 1 fully saturated rings. The third kappa shape index (κ3) is 5.12. The van der Waals surface area contributed by atoms with Crippen molar-refractivity contribution in [2.45, 2.75) is 32.8 Å². The molecule has 9 heteroatoms. The molecule has 4 heterocycles. The van der Waals surface area contributed by atoms with Crippen LogP contribution in [0.5, 0.6) is 0 Å². The average Bonchev–Trinajstić information content (AvgIpc) is 3.24. The van der Waals surface area contributed by atoms with Gasteiger partial charge in [0.15, 0.2) is 6.29 Å². The van der Waals surface area contributed by atoms with Gasteiger partial charge in [-0.05, 0) is 37.5 Å². The van der Waals surface area contributed by atoms with Crippen molar-refractivity contribution in [3.8, 4) is 11.3 Å². The summed E-state index contributed by atoms with van der Waals surface area (Å²) in [6, 6.07) is 4.01. The Labute approximate surface area is 198 Å². The topological polar surface area (TPSA) is 95.3 Å². The van der Waals surface area contributed by atoms with Gasteiger partial charge in [-0.25, -0.2) is 15.0 Å². The van der Waals surface area contributed by atoms with Gasteiger partial charge in [0.05, 0.1) is 28.1 Å². The number of hydrogen-bond acceptors (Lipinski definition) is 8. The number of aromatic nitrogens is 4. The van der Waals surface area contributed by atoms with E-state index >= 15 is 0 Å². The van der Waals surface area contributed by atoms with Crippen molar-refractivity contribution in [2.75, 3.05) is 36.5 Å². The first-order chi connectivity index (χ1) is 15.9. The van der Waals surface area contributed by atoms with Crippen LogP contribution in [0.3, 0.4) is 0 Å². The zero-order valence-corrected chi connectivity index (χ0v) is 19.7. The molecule has 0 amide bonds.